The van der Waals surface area contributed by atoms with E-state index < -0.39 is 0 Å². The maximum Gasteiger partial charge on any atom is 0.268 e. The standard InChI is InChI=1S/C12H15BrN4O/c1-7-10(8(2)17(3)16-7)6-15-12(18)11-4-9(13)5-14-11/h4-5,14H,6H2,1-3H3,(H,15,18). The zero-order valence-corrected chi connectivity index (χ0v) is 12.1. The van der Waals surface area contributed by atoms with Crippen molar-refractivity contribution in [1.29, 1.82) is 0 Å². The summed E-state index contributed by atoms with van der Waals surface area (Å²) in [6.45, 7) is 4.42. The summed E-state index contributed by atoms with van der Waals surface area (Å²) in [6, 6.07) is 1.75. The number of halogens is 1. The summed E-state index contributed by atoms with van der Waals surface area (Å²) in [5.41, 5.74) is 3.63. The van der Waals surface area contributed by atoms with Gasteiger partial charge in [-0.15, -0.1) is 0 Å². The molecule has 0 aliphatic heterocycles. The van der Waals surface area contributed by atoms with Gasteiger partial charge < -0.3 is 10.3 Å². The lowest BCUT2D eigenvalue weighted by molar-refractivity contribution is 0.0946. The van der Waals surface area contributed by atoms with Crippen LogP contribution in [-0.4, -0.2) is 20.7 Å². The number of hydrogen-bond donors (Lipinski definition) is 2. The van der Waals surface area contributed by atoms with Crippen molar-refractivity contribution in [1.82, 2.24) is 20.1 Å². The molecule has 2 rings (SSSR count). The Balaban J connectivity index is 2.06. The predicted molar refractivity (Wildman–Crippen MR) is 72.3 cm³/mol. The number of aromatic amines is 1. The third kappa shape index (κ3) is 2.48. The summed E-state index contributed by atoms with van der Waals surface area (Å²) in [6.07, 6.45) is 1.73. The first-order valence-electron chi connectivity index (χ1n) is 5.60. The Bertz CT molecular complexity index is 585. The van der Waals surface area contributed by atoms with Crippen LogP contribution in [0.5, 0.6) is 0 Å². The number of aryl methyl sites for hydroxylation is 2. The molecular weight excluding hydrogens is 296 g/mol. The fourth-order valence-corrected chi connectivity index (χ4v) is 2.18. The van der Waals surface area contributed by atoms with E-state index in [9.17, 15) is 4.79 Å². The minimum Gasteiger partial charge on any atom is -0.356 e. The van der Waals surface area contributed by atoms with Gasteiger partial charge in [-0.3, -0.25) is 9.48 Å². The first kappa shape index (κ1) is 12.9. The van der Waals surface area contributed by atoms with Crippen molar-refractivity contribution in [3.8, 4) is 0 Å². The molecule has 0 saturated heterocycles. The van der Waals surface area contributed by atoms with E-state index in [0.29, 0.717) is 12.2 Å². The molecule has 1 amide bonds. The second-order valence-corrected chi connectivity index (χ2v) is 5.10. The van der Waals surface area contributed by atoms with Crippen molar-refractivity contribution in [2.45, 2.75) is 20.4 Å². The quantitative estimate of drug-likeness (QED) is 0.911. The number of carbonyl (C=O) groups excluding carboxylic acids is 1. The number of nitrogens with zero attached hydrogens (tertiary/aromatic N) is 2. The van der Waals surface area contributed by atoms with Crippen LogP contribution in [0.2, 0.25) is 0 Å². The molecule has 96 valence electrons. The highest BCUT2D eigenvalue weighted by Gasteiger charge is 2.12. The fourth-order valence-electron chi connectivity index (χ4n) is 1.84. The summed E-state index contributed by atoms with van der Waals surface area (Å²) >= 11 is 3.30. The van der Waals surface area contributed by atoms with Crippen LogP contribution in [0.15, 0.2) is 16.7 Å². The number of H-pyrrole nitrogens is 1. The van der Waals surface area contributed by atoms with Crippen molar-refractivity contribution in [2.24, 2.45) is 7.05 Å². The van der Waals surface area contributed by atoms with Crippen LogP contribution in [0.4, 0.5) is 0 Å². The molecular formula is C12H15BrN4O. The van der Waals surface area contributed by atoms with Crippen LogP contribution >= 0.6 is 15.9 Å². The SMILES string of the molecule is Cc1nn(C)c(C)c1CNC(=O)c1cc(Br)c[nH]1. The Hall–Kier alpha value is -1.56. The summed E-state index contributed by atoms with van der Waals surface area (Å²) < 4.78 is 2.68. The van der Waals surface area contributed by atoms with Crippen LogP contribution in [0, 0.1) is 13.8 Å². The Morgan fingerprint density at radius 3 is 2.78 bits per heavy atom. The lowest BCUT2D eigenvalue weighted by Gasteiger charge is -2.04. The van der Waals surface area contributed by atoms with E-state index in [4.69, 9.17) is 0 Å². The van der Waals surface area contributed by atoms with Gasteiger partial charge in [-0.2, -0.15) is 5.10 Å². The molecule has 0 aromatic carbocycles. The van der Waals surface area contributed by atoms with Gasteiger partial charge in [0.1, 0.15) is 5.69 Å². The van der Waals surface area contributed by atoms with Gasteiger partial charge in [-0.05, 0) is 35.8 Å². The normalized spacial score (nSPS) is 10.7. The third-order valence-corrected chi connectivity index (χ3v) is 3.43. The average Bonchev–Trinajstić information content (AvgIpc) is 2.83. The third-order valence-electron chi connectivity index (χ3n) is 2.98. The molecule has 0 radical (unpaired) electrons. The van der Waals surface area contributed by atoms with Gasteiger partial charge in [-0.25, -0.2) is 0 Å². The van der Waals surface area contributed by atoms with Crippen molar-refractivity contribution < 1.29 is 4.79 Å². The van der Waals surface area contributed by atoms with Crippen molar-refractivity contribution >= 4 is 21.8 Å². The molecule has 2 aromatic heterocycles. The minimum absolute atomic E-state index is 0.122. The lowest BCUT2D eigenvalue weighted by atomic mass is 10.2. The summed E-state index contributed by atoms with van der Waals surface area (Å²) in [7, 11) is 1.90. The van der Waals surface area contributed by atoms with Crippen molar-refractivity contribution in [3.05, 3.63) is 39.4 Å². The van der Waals surface area contributed by atoms with E-state index in [1.54, 1.807) is 12.3 Å². The fraction of sp³-hybridized carbons (Fsp3) is 0.333. The highest BCUT2D eigenvalue weighted by atomic mass is 79.9. The molecule has 0 atom stereocenters. The Kier molecular flexibility index (Phi) is 3.56. The summed E-state index contributed by atoms with van der Waals surface area (Å²) in [4.78, 5) is 14.8. The number of nitrogens with one attached hydrogen (secondary N) is 2. The minimum atomic E-state index is -0.122. The molecule has 0 unspecified atom stereocenters. The molecule has 0 bridgehead atoms. The van der Waals surface area contributed by atoms with Gasteiger partial charge in [0.05, 0.1) is 5.69 Å². The molecule has 5 nitrogen and oxygen atoms in total. The Labute approximate surface area is 114 Å². The van der Waals surface area contributed by atoms with E-state index in [1.807, 2.05) is 25.6 Å². The predicted octanol–water partition coefficient (Wildman–Crippen LogP) is 2.06. The molecule has 0 saturated carbocycles. The van der Waals surface area contributed by atoms with E-state index >= 15 is 0 Å². The zero-order valence-electron chi connectivity index (χ0n) is 10.5. The van der Waals surface area contributed by atoms with Crippen LogP contribution < -0.4 is 5.32 Å². The van der Waals surface area contributed by atoms with Gasteiger partial charge in [0.25, 0.3) is 5.91 Å². The van der Waals surface area contributed by atoms with Gasteiger partial charge in [0, 0.05) is 35.5 Å². The zero-order chi connectivity index (χ0) is 13.3. The number of amides is 1. The molecule has 18 heavy (non-hydrogen) atoms. The first-order chi connectivity index (χ1) is 8.49. The van der Waals surface area contributed by atoms with Gasteiger partial charge in [0.15, 0.2) is 0 Å². The van der Waals surface area contributed by atoms with Crippen LogP contribution in [0.1, 0.15) is 27.4 Å². The molecule has 2 heterocycles. The molecule has 0 spiro atoms. The van der Waals surface area contributed by atoms with Crippen molar-refractivity contribution in [2.75, 3.05) is 0 Å². The highest BCUT2D eigenvalue weighted by molar-refractivity contribution is 9.10. The number of rotatable bonds is 3. The van der Waals surface area contributed by atoms with Gasteiger partial charge >= 0.3 is 0 Å². The molecule has 6 heteroatoms. The Morgan fingerprint density at radius 2 is 2.28 bits per heavy atom. The second kappa shape index (κ2) is 4.97. The maximum atomic E-state index is 11.9. The topological polar surface area (TPSA) is 62.7 Å². The van der Waals surface area contributed by atoms with Crippen LogP contribution in [0.25, 0.3) is 0 Å². The molecule has 0 aliphatic rings. The van der Waals surface area contributed by atoms with E-state index in [1.165, 1.54) is 0 Å². The van der Waals surface area contributed by atoms with Crippen LogP contribution in [0.3, 0.4) is 0 Å². The lowest BCUT2D eigenvalue weighted by Crippen LogP contribution is -2.23. The number of hydrogen-bond acceptors (Lipinski definition) is 2. The van der Waals surface area contributed by atoms with E-state index in [-0.39, 0.29) is 5.91 Å². The first-order valence-corrected chi connectivity index (χ1v) is 6.39. The van der Waals surface area contributed by atoms with E-state index in [2.05, 4.69) is 31.3 Å². The Morgan fingerprint density at radius 1 is 1.56 bits per heavy atom. The maximum absolute atomic E-state index is 11.9. The smallest absolute Gasteiger partial charge is 0.268 e. The highest BCUT2D eigenvalue weighted by Crippen LogP contribution is 2.13. The van der Waals surface area contributed by atoms with Crippen molar-refractivity contribution in [3.63, 3.8) is 0 Å². The largest absolute Gasteiger partial charge is 0.356 e. The van der Waals surface area contributed by atoms with Gasteiger partial charge in [-0.1, -0.05) is 0 Å². The monoisotopic (exact) mass is 310 g/mol. The summed E-state index contributed by atoms with van der Waals surface area (Å²) in [5, 5.41) is 7.19. The molecule has 0 fully saturated rings. The number of aromatic nitrogens is 3. The molecule has 2 N–H and O–H groups in total. The average molecular weight is 311 g/mol. The second-order valence-electron chi connectivity index (χ2n) is 4.19. The van der Waals surface area contributed by atoms with Crippen LogP contribution in [-0.2, 0) is 13.6 Å². The van der Waals surface area contributed by atoms with E-state index in [0.717, 1.165) is 21.4 Å². The number of carbonyl (C=O) groups is 1. The summed E-state index contributed by atoms with van der Waals surface area (Å²) in [5.74, 6) is -0.122. The molecule has 0 aliphatic carbocycles. The molecule has 2 aromatic rings. The van der Waals surface area contributed by atoms with Gasteiger partial charge in [0.2, 0.25) is 0 Å².